The van der Waals surface area contributed by atoms with Gasteiger partial charge in [-0.15, -0.1) is 0 Å². The van der Waals surface area contributed by atoms with Crippen molar-refractivity contribution >= 4 is 15.9 Å². The summed E-state index contributed by atoms with van der Waals surface area (Å²) in [4.78, 5) is 4.14. The molecule has 1 aromatic rings. The Morgan fingerprint density at radius 1 is 1.57 bits per heavy atom. The number of aromatic nitrogens is 1. The quantitative estimate of drug-likeness (QED) is 0.843. The third-order valence-corrected chi connectivity index (χ3v) is 3.59. The van der Waals surface area contributed by atoms with Crippen LogP contribution in [0.1, 0.15) is 30.7 Å². The molecule has 1 aromatic heterocycles. The average molecular weight is 255 g/mol. The summed E-state index contributed by atoms with van der Waals surface area (Å²) in [6, 6.07) is 4.18. The van der Waals surface area contributed by atoms with Gasteiger partial charge in [-0.25, -0.2) is 4.98 Å². The molecular formula is C11H15BrN2. The van der Waals surface area contributed by atoms with Crippen molar-refractivity contribution in [2.24, 2.45) is 11.7 Å². The second-order valence-electron chi connectivity index (χ2n) is 3.95. The van der Waals surface area contributed by atoms with Crippen LogP contribution in [0, 0.1) is 5.92 Å². The highest BCUT2D eigenvalue weighted by Gasteiger charge is 2.27. The Morgan fingerprint density at radius 2 is 2.36 bits per heavy atom. The topological polar surface area (TPSA) is 38.9 Å². The van der Waals surface area contributed by atoms with Crippen molar-refractivity contribution in [3.05, 3.63) is 28.5 Å². The Hall–Kier alpha value is -0.410. The summed E-state index contributed by atoms with van der Waals surface area (Å²) in [5.41, 5.74) is 7.16. The first-order valence-electron chi connectivity index (χ1n) is 5.13. The van der Waals surface area contributed by atoms with E-state index in [1.807, 2.05) is 6.20 Å². The molecule has 1 aliphatic carbocycles. The fourth-order valence-corrected chi connectivity index (χ4v) is 2.47. The van der Waals surface area contributed by atoms with Gasteiger partial charge in [-0.2, -0.15) is 0 Å². The van der Waals surface area contributed by atoms with E-state index in [2.05, 4.69) is 33.0 Å². The van der Waals surface area contributed by atoms with Crippen LogP contribution in [-0.4, -0.2) is 11.5 Å². The van der Waals surface area contributed by atoms with Crippen LogP contribution in [-0.2, 0) is 0 Å². The van der Waals surface area contributed by atoms with Crippen LogP contribution >= 0.6 is 15.9 Å². The minimum absolute atomic E-state index is 0.531. The number of nitrogens with zero attached hydrogens (tertiary/aromatic N) is 1. The molecule has 1 heterocycles. The number of pyridine rings is 1. The first-order chi connectivity index (χ1) is 6.81. The van der Waals surface area contributed by atoms with E-state index in [-0.39, 0.29) is 0 Å². The summed E-state index contributed by atoms with van der Waals surface area (Å²) >= 11 is 3.40. The molecular weight excluding hydrogens is 240 g/mol. The first kappa shape index (κ1) is 10.1. The number of hydrogen-bond acceptors (Lipinski definition) is 2. The van der Waals surface area contributed by atoms with Gasteiger partial charge in [0.25, 0.3) is 0 Å². The number of hydrogen-bond donors (Lipinski definition) is 1. The Balaban J connectivity index is 2.17. The molecule has 76 valence electrons. The molecule has 1 fully saturated rings. The van der Waals surface area contributed by atoms with E-state index in [9.17, 15) is 0 Å². The Morgan fingerprint density at radius 3 is 2.86 bits per heavy atom. The Kier molecular flexibility index (Phi) is 3.19. The molecule has 1 saturated carbocycles. The van der Waals surface area contributed by atoms with Crippen molar-refractivity contribution in [2.45, 2.75) is 25.2 Å². The Bertz CT molecular complexity index is 310. The van der Waals surface area contributed by atoms with E-state index in [0.717, 1.165) is 17.1 Å². The fraction of sp³-hybridized carbons (Fsp3) is 0.545. The number of halogens is 1. The average Bonchev–Trinajstić information content (AvgIpc) is 2.10. The smallest absolute Gasteiger partial charge is 0.106 e. The normalized spacial score (nSPS) is 19.0. The molecule has 3 heteroatoms. The van der Waals surface area contributed by atoms with Crippen molar-refractivity contribution in [3.8, 4) is 0 Å². The molecule has 1 unspecified atom stereocenters. The van der Waals surface area contributed by atoms with Gasteiger partial charge in [0, 0.05) is 6.20 Å². The van der Waals surface area contributed by atoms with E-state index in [1.54, 1.807) is 0 Å². The number of rotatable bonds is 3. The highest BCUT2D eigenvalue weighted by atomic mass is 79.9. The zero-order chi connectivity index (χ0) is 9.97. The van der Waals surface area contributed by atoms with E-state index < -0.39 is 0 Å². The highest BCUT2D eigenvalue weighted by molar-refractivity contribution is 9.10. The molecule has 0 bridgehead atoms. The maximum atomic E-state index is 5.83. The molecule has 1 aliphatic rings. The zero-order valence-electron chi connectivity index (χ0n) is 8.12. The van der Waals surface area contributed by atoms with Gasteiger partial charge in [-0.05, 0) is 64.8 Å². The first-order valence-corrected chi connectivity index (χ1v) is 5.92. The molecule has 0 aromatic carbocycles. The number of nitrogens with two attached hydrogens (primary N) is 1. The lowest BCUT2D eigenvalue weighted by Crippen LogP contribution is -2.26. The van der Waals surface area contributed by atoms with Gasteiger partial charge in [-0.1, -0.05) is 6.42 Å². The molecule has 2 rings (SSSR count). The van der Waals surface area contributed by atoms with Gasteiger partial charge in [0.2, 0.25) is 0 Å². The van der Waals surface area contributed by atoms with Crippen molar-refractivity contribution < 1.29 is 0 Å². The molecule has 0 saturated heterocycles. The lowest BCUT2D eigenvalue weighted by molar-refractivity contribution is 0.264. The largest absolute Gasteiger partial charge is 0.330 e. The van der Waals surface area contributed by atoms with Crippen molar-refractivity contribution in [1.29, 1.82) is 0 Å². The van der Waals surface area contributed by atoms with Crippen LogP contribution in [0.2, 0.25) is 0 Å². The van der Waals surface area contributed by atoms with Crippen molar-refractivity contribution in [3.63, 3.8) is 0 Å². The van der Waals surface area contributed by atoms with Crippen LogP contribution in [0.4, 0.5) is 0 Å². The minimum atomic E-state index is 0.531. The highest BCUT2D eigenvalue weighted by Crippen LogP contribution is 2.38. The van der Waals surface area contributed by atoms with Gasteiger partial charge in [-0.3, -0.25) is 0 Å². The summed E-state index contributed by atoms with van der Waals surface area (Å²) in [5, 5.41) is 0. The summed E-state index contributed by atoms with van der Waals surface area (Å²) in [6.07, 6.45) is 5.89. The van der Waals surface area contributed by atoms with Crippen molar-refractivity contribution in [1.82, 2.24) is 4.98 Å². The third kappa shape index (κ3) is 1.98. The van der Waals surface area contributed by atoms with Gasteiger partial charge >= 0.3 is 0 Å². The predicted molar refractivity (Wildman–Crippen MR) is 61.1 cm³/mol. The zero-order valence-corrected chi connectivity index (χ0v) is 9.70. The molecule has 0 spiro atoms. The van der Waals surface area contributed by atoms with E-state index >= 15 is 0 Å². The molecule has 2 N–H and O–H groups in total. The van der Waals surface area contributed by atoms with Gasteiger partial charge in [0.05, 0.1) is 0 Å². The summed E-state index contributed by atoms with van der Waals surface area (Å²) in [7, 11) is 0. The molecule has 0 radical (unpaired) electrons. The van der Waals surface area contributed by atoms with E-state index in [1.165, 1.54) is 24.8 Å². The second-order valence-corrected chi connectivity index (χ2v) is 4.76. The lowest BCUT2D eigenvalue weighted by atomic mass is 9.73. The second kappa shape index (κ2) is 4.41. The fourth-order valence-electron chi connectivity index (χ4n) is 2.09. The predicted octanol–water partition coefficient (Wildman–Crippen LogP) is 2.69. The van der Waals surface area contributed by atoms with Crippen LogP contribution in [0.3, 0.4) is 0 Å². The molecule has 0 amide bonds. The van der Waals surface area contributed by atoms with Crippen LogP contribution < -0.4 is 5.73 Å². The monoisotopic (exact) mass is 254 g/mol. The SMILES string of the molecule is NCC(c1ccnc(Br)c1)C1CCC1. The van der Waals surface area contributed by atoms with Crippen LogP contribution in [0.15, 0.2) is 22.9 Å². The minimum Gasteiger partial charge on any atom is -0.330 e. The lowest BCUT2D eigenvalue weighted by Gasteiger charge is -2.33. The summed E-state index contributed by atoms with van der Waals surface area (Å²) < 4.78 is 0.910. The molecule has 0 aliphatic heterocycles. The van der Waals surface area contributed by atoms with Gasteiger partial charge < -0.3 is 5.73 Å². The Labute approximate surface area is 93.0 Å². The molecule has 2 nitrogen and oxygen atoms in total. The van der Waals surface area contributed by atoms with Crippen molar-refractivity contribution in [2.75, 3.05) is 6.54 Å². The summed E-state index contributed by atoms with van der Waals surface area (Å²) in [5.74, 6) is 1.33. The third-order valence-electron chi connectivity index (χ3n) is 3.15. The van der Waals surface area contributed by atoms with Crippen LogP contribution in [0.5, 0.6) is 0 Å². The van der Waals surface area contributed by atoms with Gasteiger partial charge in [0.1, 0.15) is 4.60 Å². The van der Waals surface area contributed by atoms with Crippen LogP contribution in [0.25, 0.3) is 0 Å². The van der Waals surface area contributed by atoms with E-state index in [0.29, 0.717) is 5.92 Å². The van der Waals surface area contributed by atoms with E-state index in [4.69, 9.17) is 5.73 Å². The summed E-state index contributed by atoms with van der Waals surface area (Å²) in [6.45, 7) is 0.751. The molecule has 14 heavy (non-hydrogen) atoms. The maximum absolute atomic E-state index is 5.83. The molecule has 1 atom stereocenters. The maximum Gasteiger partial charge on any atom is 0.106 e. The standard InChI is InChI=1S/C11H15BrN2/c12-11-6-9(4-5-14-11)10(7-13)8-2-1-3-8/h4-6,8,10H,1-3,7,13H2. The van der Waals surface area contributed by atoms with Gasteiger partial charge in [0.15, 0.2) is 0 Å².